The van der Waals surface area contributed by atoms with Crippen molar-refractivity contribution in [3.8, 4) is 0 Å². The van der Waals surface area contributed by atoms with Gasteiger partial charge in [-0.3, -0.25) is 4.90 Å². The highest BCUT2D eigenvalue weighted by atomic mass is 15.3. The predicted molar refractivity (Wildman–Crippen MR) is 120 cm³/mol. The van der Waals surface area contributed by atoms with Crippen LogP contribution < -0.4 is 0 Å². The van der Waals surface area contributed by atoms with Gasteiger partial charge in [0.1, 0.15) is 0 Å². The van der Waals surface area contributed by atoms with Crippen LogP contribution >= 0.6 is 0 Å². The first-order chi connectivity index (χ1) is 12.4. The van der Waals surface area contributed by atoms with Gasteiger partial charge in [-0.1, -0.05) is 71.4 Å². The number of aryl methyl sites for hydroxylation is 1. The molecule has 1 heterocycles. The van der Waals surface area contributed by atoms with Gasteiger partial charge < -0.3 is 4.90 Å². The van der Waals surface area contributed by atoms with Crippen molar-refractivity contribution in [2.45, 2.75) is 79.7 Å². The third-order valence-corrected chi connectivity index (χ3v) is 8.08. The van der Waals surface area contributed by atoms with Crippen LogP contribution in [0, 0.1) is 17.8 Å². The van der Waals surface area contributed by atoms with E-state index in [0.29, 0.717) is 6.04 Å². The fourth-order valence-corrected chi connectivity index (χ4v) is 4.33. The van der Waals surface area contributed by atoms with Crippen LogP contribution in [0.15, 0.2) is 24.3 Å². The summed E-state index contributed by atoms with van der Waals surface area (Å²) < 4.78 is 0. The molecule has 2 heteroatoms. The fraction of sp³-hybridized carbons (Fsp3) is 0.760. The van der Waals surface area contributed by atoms with Gasteiger partial charge in [0, 0.05) is 32.2 Å². The Kier molecular flexibility index (Phi) is 6.85. The fourth-order valence-electron chi connectivity index (χ4n) is 4.33. The van der Waals surface area contributed by atoms with Gasteiger partial charge in [-0.2, -0.15) is 0 Å². The van der Waals surface area contributed by atoms with Crippen molar-refractivity contribution >= 4 is 0 Å². The van der Waals surface area contributed by atoms with E-state index >= 15 is 0 Å². The maximum atomic E-state index is 2.72. The quantitative estimate of drug-likeness (QED) is 0.602. The van der Waals surface area contributed by atoms with Crippen molar-refractivity contribution in [3.63, 3.8) is 0 Å². The summed E-state index contributed by atoms with van der Waals surface area (Å²) in [5, 5.41) is 0. The molecule has 0 radical (unpaired) electrons. The summed E-state index contributed by atoms with van der Waals surface area (Å²) in [4.78, 5) is 5.17. The van der Waals surface area contributed by atoms with E-state index in [9.17, 15) is 0 Å². The average molecular weight is 373 g/mol. The van der Waals surface area contributed by atoms with E-state index in [-0.39, 0.29) is 16.2 Å². The molecule has 1 aliphatic rings. The van der Waals surface area contributed by atoms with Crippen molar-refractivity contribution in [3.05, 3.63) is 35.4 Å². The summed E-state index contributed by atoms with van der Waals surface area (Å²) in [6, 6.07) is 9.74. The van der Waals surface area contributed by atoms with E-state index in [1.54, 1.807) is 0 Å². The lowest BCUT2D eigenvalue weighted by Gasteiger charge is -2.52. The first-order valence-corrected chi connectivity index (χ1v) is 10.9. The molecule has 1 aliphatic heterocycles. The monoisotopic (exact) mass is 372 g/mol. The largest absolute Gasteiger partial charge is 0.304 e. The molecule has 1 unspecified atom stereocenters. The maximum Gasteiger partial charge on any atom is 0.0124 e. The zero-order chi connectivity index (χ0) is 20.5. The molecule has 1 atom stereocenters. The third kappa shape index (κ3) is 5.15. The molecule has 1 fully saturated rings. The topological polar surface area (TPSA) is 6.48 Å². The van der Waals surface area contributed by atoms with Gasteiger partial charge in [0.15, 0.2) is 0 Å². The van der Waals surface area contributed by atoms with Gasteiger partial charge in [-0.15, -0.1) is 0 Å². The highest BCUT2D eigenvalue weighted by Gasteiger charge is 2.44. The van der Waals surface area contributed by atoms with E-state index in [0.717, 1.165) is 0 Å². The molecule has 2 nitrogen and oxygen atoms in total. The Bertz CT molecular complexity index is 589. The van der Waals surface area contributed by atoms with Crippen LogP contribution in [0.2, 0.25) is 0 Å². The molecule has 2 rings (SSSR count). The Balaban J connectivity index is 2.05. The third-order valence-electron chi connectivity index (χ3n) is 8.08. The molecule has 0 bridgehead atoms. The number of nitrogens with zero attached hydrogens (tertiary/aromatic N) is 2. The van der Waals surface area contributed by atoms with Crippen LogP contribution in [-0.4, -0.2) is 49.1 Å². The minimum atomic E-state index is 0.220. The van der Waals surface area contributed by atoms with Crippen LogP contribution in [0.5, 0.6) is 0 Å². The van der Waals surface area contributed by atoms with Gasteiger partial charge in [0.25, 0.3) is 0 Å². The number of rotatable bonds is 7. The number of hydrogen-bond donors (Lipinski definition) is 0. The van der Waals surface area contributed by atoms with Gasteiger partial charge in [0.05, 0.1) is 0 Å². The van der Waals surface area contributed by atoms with Gasteiger partial charge in [-0.05, 0) is 55.5 Å². The van der Waals surface area contributed by atoms with Crippen LogP contribution in [0.4, 0.5) is 0 Å². The zero-order valence-electron chi connectivity index (χ0n) is 19.5. The average Bonchev–Trinajstić information content (AvgIpc) is 2.60. The number of piperazine rings is 1. The van der Waals surface area contributed by atoms with Crippen molar-refractivity contribution in [1.29, 1.82) is 0 Å². The van der Waals surface area contributed by atoms with E-state index in [1.165, 1.54) is 50.1 Å². The highest BCUT2D eigenvalue weighted by molar-refractivity contribution is 5.27. The Morgan fingerprint density at radius 2 is 1.37 bits per heavy atom. The summed E-state index contributed by atoms with van der Waals surface area (Å²) in [6.07, 6.45) is 2.47. The summed E-state index contributed by atoms with van der Waals surface area (Å²) in [7, 11) is 2.24. The lowest BCUT2D eigenvalue weighted by Crippen LogP contribution is -2.55. The van der Waals surface area contributed by atoms with Crippen molar-refractivity contribution in [1.82, 2.24) is 9.80 Å². The Labute approximate surface area is 169 Å². The minimum Gasteiger partial charge on any atom is -0.304 e. The number of hydrogen-bond acceptors (Lipinski definition) is 2. The Morgan fingerprint density at radius 1 is 0.852 bits per heavy atom. The van der Waals surface area contributed by atoms with Crippen LogP contribution in [0.1, 0.15) is 72.4 Å². The van der Waals surface area contributed by atoms with E-state index < -0.39 is 0 Å². The molecular formula is C25H44N2. The zero-order valence-corrected chi connectivity index (χ0v) is 19.5. The van der Waals surface area contributed by atoms with Crippen molar-refractivity contribution in [2.75, 3.05) is 33.2 Å². The molecule has 0 aliphatic carbocycles. The molecule has 0 amide bonds. The van der Waals surface area contributed by atoms with E-state index in [2.05, 4.69) is 96.5 Å². The molecule has 1 aromatic carbocycles. The van der Waals surface area contributed by atoms with Gasteiger partial charge >= 0.3 is 0 Å². The smallest absolute Gasteiger partial charge is 0.0124 e. The molecule has 0 aromatic heterocycles. The van der Waals surface area contributed by atoms with Crippen molar-refractivity contribution in [2.24, 2.45) is 10.8 Å². The standard InChI is InChI=1S/C25H44N2/c1-20-10-12-22(13-11-20)23(3,4)14-15-24(5,6)25(7,8)21(2)27-18-16-26(9)17-19-27/h10-13,21H,14-19H2,1-9H3. The number of benzene rings is 1. The first-order valence-electron chi connectivity index (χ1n) is 10.9. The molecule has 1 aromatic rings. The first kappa shape index (κ1) is 22.4. The lowest BCUT2D eigenvalue weighted by molar-refractivity contribution is -0.0210. The molecule has 154 valence electrons. The van der Waals surface area contributed by atoms with Crippen LogP contribution in [0.25, 0.3) is 0 Å². The molecule has 0 saturated carbocycles. The predicted octanol–water partition coefficient (Wildman–Crippen LogP) is 5.74. The van der Waals surface area contributed by atoms with E-state index in [1.807, 2.05) is 0 Å². The second kappa shape index (κ2) is 8.25. The minimum absolute atomic E-state index is 0.220. The second-order valence-electron chi connectivity index (χ2n) is 10.9. The van der Waals surface area contributed by atoms with Gasteiger partial charge in [-0.25, -0.2) is 0 Å². The van der Waals surface area contributed by atoms with Crippen LogP contribution in [-0.2, 0) is 5.41 Å². The molecule has 27 heavy (non-hydrogen) atoms. The van der Waals surface area contributed by atoms with Gasteiger partial charge in [0.2, 0.25) is 0 Å². The molecule has 0 spiro atoms. The van der Waals surface area contributed by atoms with Crippen molar-refractivity contribution < 1.29 is 0 Å². The number of likely N-dealkylation sites (N-methyl/N-ethyl adjacent to an activating group) is 1. The second-order valence-corrected chi connectivity index (χ2v) is 10.9. The summed E-state index contributed by atoms with van der Waals surface area (Å²) in [6.45, 7) is 24.2. The van der Waals surface area contributed by atoms with Crippen LogP contribution in [0.3, 0.4) is 0 Å². The molecule has 1 saturated heterocycles. The molecular weight excluding hydrogens is 328 g/mol. The lowest BCUT2D eigenvalue weighted by atomic mass is 9.60. The Hall–Kier alpha value is -0.860. The SMILES string of the molecule is Cc1ccc(C(C)(C)CCC(C)(C)C(C)(C)C(C)N2CCN(C)CC2)cc1. The summed E-state index contributed by atoms with van der Waals surface area (Å²) in [5.74, 6) is 0. The normalized spacial score (nSPS) is 19.3. The van der Waals surface area contributed by atoms with E-state index in [4.69, 9.17) is 0 Å². The Morgan fingerprint density at radius 3 is 1.89 bits per heavy atom. The maximum absolute atomic E-state index is 2.72. The molecule has 0 N–H and O–H groups in total. The summed E-state index contributed by atoms with van der Waals surface area (Å²) in [5.41, 5.74) is 3.59. The summed E-state index contributed by atoms with van der Waals surface area (Å²) >= 11 is 0. The highest BCUT2D eigenvalue weighted by Crippen LogP contribution is 2.48.